The maximum atomic E-state index is 2.43. The third-order valence-corrected chi connectivity index (χ3v) is 10.4. The van der Waals surface area contributed by atoms with Gasteiger partial charge >= 0.3 is 0 Å². The molecule has 0 heteroatoms. The minimum Gasteiger partial charge on any atom is -0.0622 e. The summed E-state index contributed by atoms with van der Waals surface area (Å²) >= 11 is 0. The first-order chi connectivity index (χ1) is 24.8. The quantitative estimate of drug-likeness (QED) is 0.134. The predicted octanol–water partition coefficient (Wildman–Crippen LogP) is 14.1. The minimum absolute atomic E-state index is 1.21. The van der Waals surface area contributed by atoms with Crippen molar-refractivity contribution in [1.29, 1.82) is 0 Å². The van der Waals surface area contributed by atoms with E-state index in [2.05, 4.69) is 194 Å². The van der Waals surface area contributed by atoms with Crippen molar-refractivity contribution in [2.24, 2.45) is 0 Å². The third-order valence-electron chi connectivity index (χ3n) is 10.4. The summed E-state index contributed by atoms with van der Waals surface area (Å²) in [5.41, 5.74) is 9.98. The van der Waals surface area contributed by atoms with Crippen LogP contribution in [-0.4, -0.2) is 0 Å². The summed E-state index contributed by atoms with van der Waals surface area (Å²) in [4.78, 5) is 0. The molecule has 232 valence electrons. The molecule has 50 heavy (non-hydrogen) atoms. The molecule has 0 radical (unpaired) electrons. The molecule has 0 atom stereocenters. The van der Waals surface area contributed by atoms with Crippen molar-refractivity contribution in [3.8, 4) is 44.5 Å². The van der Waals surface area contributed by atoms with Gasteiger partial charge in [0.1, 0.15) is 0 Å². The first-order valence-electron chi connectivity index (χ1n) is 17.4. The lowest BCUT2D eigenvalue weighted by atomic mass is 9.81. The van der Waals surface area contributed by atoms with Crippen molar-refractivity contribution >= 4 is 53.9 Å². The first kappa shape index (κ1) is 28.5. The summed E-state index contributed by atoms with van der Waals surface area (Å²) in [6, 6.07) is 71.4. The Morgan fingerprint density at radius 2 is 0.720 bits per heavy atom. The SMILES string of the molecule is c1ccc(-c2ccc3c(-c4cc5ccccc5c5ccccc45)c4ccccc4c(-c4ccccc4-c4cccc5ccccc45)c3c2)cc1. The van der Waals surface area contributed by atoms with Crippen molar-refractivity contribution in [3.63, 3.8) is 0 Å². The molecule has 0 spiro atoms. The molecule has 0 saturated heterocycles. The normalized spacial score (nSPS) is 11.6. The van der Waals surface area contributed by atoms with E-state index in [1.54, 1.807) is 0 Å². The second-order valence-corrected chi connectivity index (χ2v) is 13.2. The van der Waals surface area contributed by atoms with Crippen molar-refractivity contribution in [2.45, 2.75) is 0 Å². The Balaban J connectivity index is 1.38. The maximum Gasteiger partial charge on any atom is -0.00199 e. The number of hydrogen-bond acceptors (Lipinski definition) is 0. The smallest absolute Gasteiger partial charge is 0.00199 e. The molecular weight excluding hydrogens is 601 g/mol. The van der Waals surface area contributed by atoms with Crippen LogP contribution in [0.15, 0.2) is 194 Å². The van der Waals surface area contributed by atoms with Gasteiger partial charge in [0.2, 0.25) is 0 Å². The van der Waals surface area contributed by atoms with Crippen molar-refractivity contribution in [2.75, 3.05) is 0 Å². The van der Waals surface area contributed by atoms with Gasteiger partial charge in [0.15, 0.2) is 0 Å². The molecule has 0 nitrogen and oxygen atoms in total. The van der Waals surface area contributed by atoms with Gasteiger partial charge in [-0.25, -0.2) is 0 Å². The molecule has 0 saturated carbocycles. The van der Waals surface area contributed by atoms with E-state index in [4.69, 9.17) is 0 Å². The minimum atomic E-state index is 1.21. The Hall–Kier alpha value is -6.50. The van der Waals surface area contributed by atoms with Gasteiger partial charge in [-0.15, -0.1) is 0 Å². The van der Waals surface area contributed by atoms with Crippen molar-refractivity contribution < 1.29 is 0 Å². The summed E-state index contributed by atoms with van der Waals surface area (Å²) in [5.74, 6) is 0. The summed E-state index contributed by atoms with van der Waals surface area (Å²) in [6.45, 7) is 0. The molecule has 0 aliphatic heterocycles. The third kappa shape index (κ3) is 4.46. The molecule has 0 heterocycles. The summed E-state index contributed by atoms with van der Waals surface area (Å²) in [6.07, 6.45) is 0. The number of fused-ring (bicyclic) bond motifs is 6. The lowest BCUT2D eigenvalue weighted by Gasteiger charge is -2.22. The molecule has 10 rings (SSSR count). The van der Waals surface area contributed by atoms with Gasteiger partial charge in [-0.1, -0.05) is 182 Å². The van der Waals surface area contributed by atoms with E-state index < -0.39 is 0 Å². The van der Waals surface area contributed by atoms with Gasteiger partial charge in [0, 0.05) is 0 Å². The summed E-state index contributed by atoms with van der Waals surface area (Å²) in [5, 5.41) is 12.6. The van der Waals surface area contributed by atoms with Gasteiger partial charge in [-0.05, 0) is 111 Å². The van der Waals surface area contributed by atoms with Crippen LogP contribution in [0.2, 0.25) is 0 Å². The van der Waals surface area contributed by atoms with E-state index in [0.717, 1.165) is 0 Å². The fourth-order valence-corrected chi connectivity index (χ4v) is 8.23. The Morgan fingerprint density at radius 1 is 0.200 bits per heavy atom. The van der Waals surface area contributed by atoms with Gasteiger partial charge in [0.05, 0.1) is 0 Å². The zero-order valence-electron chi connectivity index (χ0n) is 27.5. The van der Waals surface area contributed by atoms with E-state index in [9.17, 15) is 0 Å². The van der Waals surface area contributed by atoms with Crippen LogP contribution in [0.4, 0.5) is 0 Å². The Kier molecular flexibility index (Phi) is 6.60. The second-order valence-electron chi connectivity index (χ2n) is 13.2. The molecule has 0 unspecified atom stereocenters. The van der Waals surface area contributed by atoms with Crippen LogP contribution >= 0.6 is 0 Å². The van der Waals surface area contributed by atoms with Crippen LogP contribution in [0.25, 0.3) is 98.4 Å². The molecular formula is C50H32. The van der Waals surface area contributed by atoms with Gasteiger partial charge in [-0.2, -0.15) is 0 Å². The van der Waals surface area contributed by atoms with E-state index >= 15 is 0 Å². The molecule has 0 aliphatic rings. The van der Waals surface area contributed by atoms with Crippen LogP contribution in [0.3, 0.4) is 0 Å². The van der Waals surface area contributed by atoms with Crippen molar-refractivity contribution in [3.05, 3.63) is 194 Å². The van der Waals surface area contributed by atoms with Crippen LogP contribution < -0.4 is 0 Å². The monoisotopic (exact) mass is 632 g/mol. The van der Waals surface area contributed by atoms with Crippen LogP contribution in [0.1, 0.15) is 0 Å². The lowest BCUT2D eigenvalue weighted by molar-refractivity contribution is 1.62. The summed E-state index contributed by atoms with van der Waals surface area (Å²) in [7, 11) is 0. The highest BCUT2D eigenvalue weighted by atomic mass is 14.2. The van der Waals surface area contributed by atoms with E-state index in [0.29, 0.717) is 0 Å². The van der Waals surface area contributed by atoms with E-state index in [1.807, 2.05) is 0 Å². The van der Waals surface area contributed by atoms with Crippen LogP contribution in [-0.2, 0) is 0 Å². The molecule has 0 N–H and O–H groups in total. The molecule has 10 aromatic rings. The average Bonchev–Trinajstić information content (AvgIpc) is 3.19. The molecule has 0 amide bonds. The molecule has 0 aliphatic carbocycles. The molecule has 0 bridgehead atoms. The topological polar surface area (TPSA) is 0 Å². The maximum absolute atomic E-state index is 2.43. The molecule has 0 aromatic heterocycles. The predicted molar refractivity (Wildman–Crippen MR) is 216 cm³/mol. The lowest BCUT2D eigenvalue weighted by Crippen LogP contribution is -1.94. The van der Waals surface area contributed by atoms with Gasteiger partial charge in [-0.3, -0.25) is 0 Å². The number of rotatable bonds is 4. The van der Waals surface area contributed by atoms with E-state index in [1.165, 1.54) is 98.4 Å². The highest BCUT2D eigenvalue weighted by molar-refractivity contribution is 6.27. The summed E-state index contributed by atoms with van der Waals surface area (Å²) < 4.78 is 0. The largest absolute Gasteiger partial charge is 0.0622 e. The van der Waals surface area contributed by atoms with Gasteiger partial charge < -0.3 is 0 Å². The number of hydrogen-bond donors (Lipinski definition) is 0. The van der Waals surface area contributed by atoms with E-state index in [-0.39, 0.29) is 0 Å². The highest BCUT2D eigenvalue weighted by Gasteiger charge is 2.21. The zero-order valence-corrected chi connectivity index (χ0v) is 27.5. The zero-order chi connectivity index (χ0) is 33.0. The Bertz CT molecular complexity index is 2910. The second kappa shape index (κ2) is 11.6. The Morgan fingerprint density at radius 3 is 1.50 bits per heavy atom. The molecule has 0 fully saturated rings. The van der Waals surface area contributed by atoms with Gasteiger partial charge in [0.25, 0.3) is 0 Å². The first-order valence-corrected chi connectivity index (χ1v) is 17.4. The van der Waals surface area contributed by atoms with Crippen LogP contribution in [0, 0.1) is 0 Å². The molecule has 10 aromatic carbocycles. The Labute approximate surface area is 291 Å². The average molecular weight is 633 g/mol. The van der Waals surface area contributed by atoms with Crippen LogP contribution in [0.5, 0.6) is 0 Å². The highest BCUT2D eigenvalue weighted by Crippen LogP contribution is 2.49. The van der Waals surface area contributed by atoms with Crippen molar-refractivity contribution in [1.82, 2.24) is 0 Å². The standard InChI is InChI=1S/C50H32/c1-2-15-33(16-3-1)35-29-30-46-48(31-35)49(43-25-11-10-23-41(43)40-28-14-19-34-17-4-6-20-37(34)40)44-26-12-13-27-45(44)50(46)47-32-36-18-5-7-21-38(36)39-22-8-9-24-42(39)47/h1-32H. The fraction of sp³-hybridized carbons (Fsp3) is 0. The fourth-order valence-electron chi connectivity index (χ4n) is 8.23. The number of benzene rings is 10.